The van der Waals surface area contributed by atoms with Gasteiger partial charge in [-0.2, -0.15) is 0 Å². The number of nitrogens with zero attached hydrogens (tertiary/aromatic N) is 1. The minimum absolute atomic E-state index is 0.0987. The Morgan fingerprint density at radius 2 is 2.10 bits per heavy atom. The molecule has 20 heavy (non-hydrogen) atoms. The van der Waals surface area contributed by atoms with Gasteiger partial charge in [-0.15, -0.1) is 0 Å². The van der Waals surface area contributed by atoms with Crippen molar-refractivity contribution in [2.24, 2.45) is 0 Å². The summed E-state index contributed by atoms with van der Waals surface area (Å²) in [5.41, 5.74) is 1.20. The Bertz CT molecular complexity index is 591. The Hall–Kier alpha value is -1.33. The van der Waals surface area contributed by atoms with Crippen LogP contribution in [0.5, 0.6) is 0 Å². The summed E-state index contributed by atoms with van der Waals surface area (Å²) in [6, 6.07) is 5.58. The van der Waals surface area contributed by atoms with Gasteiger partial charge < -0.3 is 14.6 Å². The first kappa shape index (κ1) is 15.1. The highest BCUT2D eigenvalue weighted by molar-refractivity contribution is 9.10. The molecule has 0 bridgehead atoms. The number of likely N-dealkylation sites (N-methyl/N-ethyl adjacent to an activating group) is 1. The van der Waals surface area contributed by atoms with E-state index in [4.69, 9.17) is 4.42 Å². The number of fused-ring (bicyclic) bond motifs is 1. The molecule has 0 fully saturated rings. The minimum Gasteiger partial charge on any atom is -0.464 e. The number of furan rings is 1. The van der Waals surface area contributed by atoms with E-state index in [0.29, 0.717) is 17.7 Å². The molecule has 1 heterocycles. The smallest absolute Gasteiger partial charge is 0.255 e. The summed E-state index contributed by atoms with van der Waals surface area (Å²) in [6.07, 6.45) is 1.60. The van der Waals surface area contributed by atoms with Crippen molar-refractivity contribution in [3.63, 3.8) is 0 Å². The molecule has 0 saturated carbocycles. The number of hydrogen-bond acceptors (Lipinski definition) is 3. The SMILES string of the molecule is CCN(CC)CCNC(=O)c1cc(Br)cc2ccoc12. The fourth-order valence-electron chi connectivity index (χ4n) is 2.18. The van der Waals surface area contributed by atoms with Crippen molar-refractivity contribution in [3.05, 3.63) is 34.5 Å². The summed E-state index contributed by atoms with van der Waals surface area (Å²) >= 11 is 3.42. The molecular weight excluding hydrogens is 320 g/mol. The Morgan fingerprint density at radius 1 is 1.35 bits per heavy atom. The van der Waals surface area contributed by atoms with Crippen molar-refractivity contribution in [1.29, 1.82) is 0 Å². The van der Waals surface area contributed by atoms with Crippen molar-refractivity contribution < 1.29 is 9.21 Å². The second-order valence-corrected chi connectivity index (χ2v) is 5.49. The van der Waals surface area contributed by atoms with E-state index in [0.717, 1.165) is 29.5 Å². The zero-order valence-electron chi connectivity index (χ0n) is 11.8. The Balaban J connectivity index is 2.06. The minimum atomic E-state index is -0.0987. The van der Waals surface area contributed by atoms with Crippen LogP contribution >= 0.6 is 15.9 Å². The van der Waals surface area contributed by atoms with Gasteiger partial charge in [0.1, 0.15) is 5.58 Å². The first-order chi connectivity index (χ1) is 9.65. The number of benzene rings is 1. The van der Waals surface area contributed by atoms with E-state index in [1.807, 2.05) is 12.1 Å². The van der Waals surface area contributed by atoms with Crippen LogP contribution in [0, 0.1) is 0 Å². The molecule has 0 atom stereocenters. The maximum absolute atomic E-state index is 12.3. The highest BCUT2D eigenvalue weighted by Gasteiger charge is 2.13. The maximum Gasteiger partial charge on any atom is 0.255 e. The summed E-state index contributed by atoms with van der Waals surface area (Å²) in [6.45, 7) is 7.71. The molecular formula is C15H19BrN2O2. The normalized spacial score (nSPS) is 11.2. The fourth-order valence-corrected chi connectivity index (χ4v) is 2.65. The number of hydrogen-bond donors (Lipinski definition) is 1. The van der Waals surface area contributed by atoms with Crippen LogP contribution in [0.15, 0.2) is 33.4 Å². The third-order valence-corrected chi connectivity index (χ3v) is 3.83. The van der Waals surface area contributed by atoms with E-state index >= 15 is 0 Å². The topological polar surface area (TPSA) is 45.5 Å². The third-order valence-electron chi connectivity index (χ3n) is 3.37. The van der Waals surface area contributed by atoms with Gasteiger partial charge in [0.25, 0.3) is 5.91 Å². The molecule has 0 aliphatic rings. The monoisotopic (exact) mass is 338 g/mol. The highest BCUT2D eigenvalue weighted by Crippen LogP contribution is 2.25. The molecule has 0 saturated heterocycles. The van der Waals surface area contributed by atoms with Gasteiger partial charge in [-0.3, -0.25) is 4.79 Å². The van der Waals surface area contributed by atoms with Crippen LogP contribution in [0.1, 0.15) is 24.2 Å². The Morgan fingerprint density at radius 3 is 2.80 bits per heavy atom. The molecule has 0 aliphatic carbocycles. The lowest BCUT2D eigenvalue weighted by atomic mass is 10.1. The summed E-state index contributed by atoms with van der Waals surface area (Å²) in [5, 5.41) is 3.87. The molecule has 108 valence electrons. The summed E-state index contributed by atoms with van der Waals surface area (Å²) in [7, 11) is 0. The molecule has 2 rings (SSSR count). The zero-order valence-corrected chi connectivity index (χ0v) is 13.4. The van der Waals surface area contributed by atoms with Gasteiger partial charge in [0.05, 0.1) is 11.8 Å². The second kappa shape index (κ2) is 6.90. The number of rotatable bonds is 6. The van der Waals surface area contributed by atoms with Crippen LogP contribution < -0.4 is 5.32 Å². The van der Waals surface area contributed by atoms with Crippen LogP contribution in [0.3, 0.4) is 0 Å². The van der Waals surface area contributed by atoms with Gasteiger partial charge in [-0.25, -0.2) is 0 Å². The van der Waals surface area contributed by atoms with E-state index < -0.39 is 0 Å². The fraction of sp³-hybridized carbons (Fsp3) is 0.400. The second-order valence-electron chi connectivity index (χ2n) is 4.58. The van der Waals surface area contributed by atoms with Gasteiger partial charge in [0.2, 0.25) is 0 Å². The first-order valence-electron chi connectivity index (χ1n) is 6.83. The van der Waals surface area contributed by atoms with E-state index in [2.05, 4.69) is 40.0 Å². The van der Waals surface area contributed by atoms with Crippen molar-refractivity contribution in [1.82, 2.24) is 10.2 Å². The standard InChI is InChI=1S/C15H19BrN2O2/c1-3-18(4-2)7-6-17-15(19)13-10-12(16)9-11-5-8-20-14(11)13/h5,8-10H,3-4,6-7H2,1-2H3,(H,17,19). The maximum atomic E-state index is 12.3. The molecule has 1 aromatic heterocycles. The van der Waals surface area contributed by atoms with E-state index in [-0.39, 0.29) is 5.91 Å². The average molecular weight is 339 g/mol. The van der Waals surface area contributed by atoms with Crippen LogP contribution in [0.2, 0.25) is 0 Å². The van der Waals surface area contributed by atoms with E-state index in [1.54, 1.807) is 12.3 Å². The Labute approximate surface area is 127 Å². The summed E-state index contributed by atoms with van der Waals surface area (Å²) < 4.78 is 6.28. The molecule has 1 aromatic carbocycles. The first-order valence-corrected chi connectivity index (χ1v) is 7.62. The highest BCUT2D eigenvalue weighted by atomic mass is 79.9. The summed E-state index contributed by atoms with van der Waals surface area (Å²) in [4.78, 5) is 14.5. The summed E-state index contributed by atoms with van der Waals surface area (Å²) in [5.74, 6) is -0.0987. The van der Waals surface area contributed by atoms with Crippen molar-refractivity contribution >= 4 is 32.8 Å². The molecule has 2 aromatic rings. The molecule has 4 nitrogen and oxygen atoms in total. The average Bonchev–Trinajstić information content (AvgIpc) is 2.90. The largest absolute Gasteiger partial charge is 0.464 e. The molecule has 5 heteroatoms. The van der Waals surface area contributed by atoms with Crippen molar-refractivity contribution in [2.75, 3.05) is 26.2 Å². The Kier molecular flexibility index (Phi) is 5.20. The van der Waals surface area contributed by atoms with Crippen LogP contribution in [0.4, 0.5) is 0 Å². The van der Waals surface area contributed by atoms with Gasteiger partial charge in [-0.1, -0.05) is 29.8 Å². The lowest BCUT2D eigenvalue weighted by Crippen LogP contribution is -2.34. The van der Waals surface area contributed by atoms with E-state index in [9.17, 15) is 4.79 Å². The van der Waals surface area contributed by atoms with Crippen molar-refractivity contribution in [2.45, 2.75) is 13.8 Å². The molecule has 0 radical (unpaired) electrons. The third kappa shape index (κ3) is 3.41. The van der Waals surface area contributed by atoms with Gasteiger partial charge >= 0.3 is 0 Å². The van der Waals surface area contributed by atoms with E-state index in [1.165, 1.54) is 0 Å². The van der Waals surface area contributed by atoms with Crippen LogP contribution in [-0.2, 0) is 0 Å². The number of nitrogens with one attached hydrogen (secondary N) is 1. The predicted molar refractivity (Wildman–Crippen MR) is 84.0 cm³/mol. The zero-order chi connectivity index (χ0) is 14.5. The van der Waals surface area contributed by atoms with Crippen LogP contribution in [0.25, 0.3) is 11.0 Å². The predicted octanol–water partition coefficient (Wildman–Crippen LogP) is 3.27. The number of carbonyl (C=O) groups excluding carboxylic acids is 1. The van der Waals surface area contributed by atoms with Gasteiger partial charge in [0, 0.05) is 22.9 Å². The number of amides is 1. The number of carbonyl (C=O) groups is 1. The molecule has 0 unspecified atom stereocenters. The lowest BCUT2D eigenvalue weighted by molar-refractivity contribution is 0.0949. The molecule has 1 amide bonds. The van der Waals surface area contributed by atoms with Crippen LogP contribution in [-0.4, -0.2) is 37.0 Å². The molecule has 1 N–H and O–H groups in total. The molecule has 0 aliphatic heterocycles. The molecule has 0 spiro atoms. The number of halogens is 1. The van der Waals surface area contributed by atoms with Gasteiger partial charge in [0.15, 0.2) is 0 Å². The lowest BCUT2D eigenvalue weighted by Gasteiger charge is -2.18. The van der Waals surface area contributed by atoms with Gasteiger partial charge in [-0.05, 0) is 31.3 Å². The quantitative estimate of drug-likeness (QED) is 0.879. The van der Waals surface area contributed by atoms with Crippen molar-refractivity contribution in [3.8, 4) is 0 Å².